The Morgan fingerprint density at radius 2 is 1.86 bits per heavy atom. The van der Waals surface area contributed by atoms with E-state index in [1.165, 1.54) is 11.6 Å². The lowest BCUT2D eigenvalue weighted by Crippen LogP contribution is -2.41. The minimum Gasteiger partial charge on any atom is -0.486 e. The summed E-state index contributed by atoms with van der Waals surface area (Å²) >= 11 is 0. The van der Waals surface area contributed by atoms with Crippen molar-refractivity contribution in [1.29, 1.82) is 0 Å². The lowest BCUT2D eigenvalue weighted by atomic mass is 10.1. The molecule has 0 bridgehead atoms. The van der Waals surface area contributed by atoms with Crippen LogP contribution in [0.1, 0.15) is 25.0 Å². The molecule has 2 aromatic rings. The molecule has 0 heterocycles. The highest BCUT2D eigenvalue weighted by molar-refractivity contribution is 5.79. The number of guanidine groups is 1. The predicted octanol–water partition coefficient (Wildman–Crippen LogP) is 3.41. The summed E-state index contributed by atoms with van der Waals surface area (Å²) in [7, 11) is 4.12. The van der Waals surface area contributed by atoms with Crippen molar-refractivity contribution in [3.63, 3.8) is 0 Å². The van der Waals surface area contributed by atoms with Crippen LogP contribution < -0.4 is 15.4 Å². The van der Waals surface area contributed by atoms with E-state index in [0.717, 1.165) is 18.7 Å². The molecule has 152 valence electrons. The molecule has 0 amide bonds. The number of halogens is 1. The number of nitrogens with zero attached hydrogens (tertiary/aromatic N) is 2. The van der Waals surface area contributed by atoms with Gasteiger partial charge in [-0.15, -0.1) is 0 Å². The first-order chi connectivity index (χ1) is 13.5. The quantitative estimate of drug-likeness (QED) is 0.512. The smallest absolute Gasteiger partial charge is 0.191 e. The van der Waals surface area contributed by atoms with Crippen LogP contribution in [-0.2, 0) is 13.1 Å². The summed E-state index contributed by atoms with van der Waals surface area (Å²) in [6.45, 7) is 6.68. The van der Waals surface area contributed by atoms with Crippen LogP contribution in [0.3, 0.4) is 0 Å². The van der Waals surface area contributed by atoms with Gasteiger partial charge in [-0.3, -0.25) is 0 Å². The van der Waals surface area contributed by atoms with E-state index in [1.54, 1.807) is 18.2 Å². The largest absolute Gasteiger partial charge is 0.486 e. The molecule has 2 aromatic carbocycles. The van der Waals surface area contributed by atoms with Gasteiger partial charge < -0.3 is 20.3 Å². The van der Waals surface area contributed by atoms with Crippen LogP contribution >= 0.6 is 0 Å². The fourth-order valence-corrected chi connectivity index (χ4v) is 2.74. The van der Waals surface area contributed by atoms with Gasteiger partial charge in [0.25, 0.3) is 0 Å². The third kappa shape index (κ3) is 7.56. The van der Waals surface area contributed by atoms with E-state index in [9.17, 15) is 4.39 Å². The topological polar surface area (TPSA) is 48.9 Å². The van der Waals surface area contributed by atoms with Crippen LogP contribution in [0.5, 0.6) is 5.75 Å². The molecule has 0 saturated heterocycles. The highest BCUT2D eigenvalue weighted by Gasteiger charge is 2.09. The molecule has 0 fully saturated rings. The molecule has 1 atom stereocenters. The maximum atomic E-state index is 13.7. The van der Waals surface area contributed by atoms with Crippen molar-refractivity contribution in [3.05, 3.63) is 65.5 Å². The Labute approximate surface area is 167 Å². The Morgan fingerprint density at radius 3 is 2.57 bits per heavy atom. The van der Waals surface area contributed by atoms with E-state index in [2.05, 4.69) is 58.9 Å². The van der Waals surface area contributed by atoms with Gasteiger partial charge in [-0.05, 0) is 51.2 Å². The summed E-state index contributed by atoms with van der Waals surface area (Å²) in [6.07, 6.45) is -0.204. The third-order valence-electron chi connectivity index (χ3n) is 3.98. The van der Waals surface area contributed by atoms with Crippen molar-refractivity contribution in [3.8, 4) is 5.75 Å². The average Bonchev–Trinajstić information content (AvgIpc) is 2.65. The van der Waals surface area contributed by atoms with E-state index in [0.29, 0.717) is 19.0 Å². The van der Waals surface area contributed by atoms with Crippen molar-refractivity contribution in [2.45, 2.75) is 33.0 Å². The van der Waals surface area contributed by atoms with E-state index in [4.69, 9.17) is 4.74 Å². The van der Waals surface area contributed by atoms with Gasteiger partial charge >= 0.3 is 0 Å². The van der Waals surface area contributed by atoms with Crippen molar-refractivity contribution in [2.24, 2.45) is 4.99 Å². The van der Waals surface area contributed by atoms with Gasteiger partial charge in [0, 0.05) is 13.1 Å². The number of rotatable bonds is 9. The number of benzene rings is 2. The number of hydrogen-bond donors (Lipinski definition) is 2. The Balaban J connectivity index is 1.92. The molecular formula is C22H31FN4O. The van der Waals surface area contributed by atoms with Gasteiger partial charge in [-0.1, -0.05) is 36.4 Å². The molecule has 2 rings (SSSR count). The highest BCUT2D eigenvalue weighted by Crippen LogP contribution is 2.16. The molecule has 0 aliphatic carbocycles. The molecule has 0 aliphatic heterocycles. The molecule has 2 N–H and O–H groups in total. The molecule has 0 aliphatic rings. The Kier molecular flexibility index (Phi) is 8.75. The number of hydrogen-bond acceptors (Lipinski definition) is 3. The second-order valence-corrected chi connectivity index (χ2v) is 6.99. The Hall–Kier alpha value is -2.60. The number of nitrogens with one attached hydrogen (secondary N) is 2. The minimum absolute atomic E-state index is 0.204. The first-order valence-corrected chi connectivity index (χ1v) is 9.63. The molecular weight excluding hydrogens is 355 g/mol. The van der Waals surface area contributed by atoms with E-state index < -0.39 is 0 Å². The summed E-state index contributed by atoms with van der Waals surface area (Å²) in [5.41, 5.74) is 2.43. The first kappa shape index (κ1) is 21.7. The van der Waals surface area contributed by atoms with Crippen molar-refractivity contribution in [1.82, 2.24) is 15.5 Å². The van der Waals surface area contributed by atoms with Crippen LogP contribution in [-0.4, -0.2) is 44.1 Å². The SMILES string of the molecule is CCNC(=NCc1cccc(CN(C)C)c1)NCC(C)Oc1ccccc1F. The highest BCUT2D eigenvalue weighted by atomic mass is 19.1. The van der Waals surface area contributed by atoms with Gasteiger partial charge in [-0.2, -0.15) is 0 Å². The molecule has 28 heavy (non-hydrogen) atoms. The van der Waals surface area contributed by atoms with Crippen molar-refractivity contribution >= 4 is 5.96 Å². The van der Waals surface area contributed by atoms with Crippen molar-refractivity contribution < 1.29 is 9.13 Å². The lowest BCUT2D eigenvalue weighted by molar-refractivity contribution is 0.214. The minimum atomic E-state index is -0.354. The molecule has 0 radical (unpaired) electrons. The van der Waals surface area contributed by atoms with Crippen LogP contribution in [0.15, 0.2) is 53.5 Å². The zero-order valence-corrected chi connectivity index (χ0v) is 17.2. The standard InChI is InChI=1S/C22H31FN4O/c1-5-24-22(25-14-17(2)28-21-12-7-6-11-20(21)23)26-15-18-9-8-10-19(13-18)16-27(3)4/h6-13,17H,5,14-16H2,1-4H3,(H2,24,25,26). The summed E-state index contributed by atoms with van der Waals surface area (Å²) < 4.78 is 19.4. The fraction of sp³-hybridized carbons (Fsp3) is 0.409. The molecule has 0 spiro atoms. The summed E-state index contributed by atoms with van der Waals surface area (Å²) in [5.74, 6) is 0.619. The van der Waals surface area contributed by atoms with Crippen LogP contribution in [0.2, 0.25) is 0 Å². The third-order valence-corrected chi connectivity index (χ3v) is 3.98. The second kappa shape index (κ2) is 11.3. The molecule has 6 heteroatoms. The van der Waals surface area contributed by atoms with Crippen molar-refractivity contribution in [2.75, 3.05) is 27.2 Å². The number of aliphatic imine (C=N–C) groups is 1. The second-order valence-electron chi connectivity index (χ2n) is 6.99. The van der Waals surface area contributed by atoms with Gasteiger partial charge in [0.05, 0.1) is 13.1 Å². The maximum absolute atomic E-state index is 13.7. The van der Waals surface area contributed by atoms with E-state index in [1.807, 2.05) is 13.8 Å². The van der Waals surface area contributed by atoms with Gasteiger partial charge in [0.15, 0.2) is 17.5 Å². The first-order valence-electron chi connectivity index (χ1n) is 9.63. The fourth-order valence-electron chi connectivity index (χ4n) is 2.74. The summed E-state index contributed by atoms with van der Waals surface area (Å²) in [6, 6.07) is 14.9. The molecule has 0 saturated carbocycles. The summed E-state index contributed by atoms with van der Waals surface area (Å²) in [5, 5.41) is 6.49. The van der Waals surface area contributed by atoms with E-state index >= 15 is 0 Å². The van der Waals surface area contributed by atoms with Crippen LogP contribution in [0.4, 0.5) is 4.39 Å². The number of ether oxygens (including phenoxy) is 1. The number of para-hydroxylation sites is 1. The normalized spacial score (nSPS) is 12.7. The zero-order valence-electron chi connectivity index (χ0n) is 17.2. The lowest BCUT2D eigenvalue weighted by Gasteiger charge is -2.18. The van der Waals surface area contributed by atoms with Gasteiger partial charge in [0.1, 0.15) is 6.10 Å². The van der Waals surface area contributed by atoms with Gasteiger partial charge in [0.2, 0.25) is 0 Å². The van der Waals surface area contributed by atoms with E-state index in [-0.39, 0.29) is 17.7 Å². The van der Waals surface area contributed by atoms with Crippen LogP contribution in [0, 0.1) is 5.82 Å². The van der Waals surface area contributed by atoms with Crippen LogP contribution in [0.25, 0.3) is 0 Å². The van der Waals surface area contributed by atoms with Gasteiger partial charge in [-0.25, -0.2) is 9.38 Å². The average molecular weight is 387 g/mol. The molecule has 5 nitrogen and oxygen atoms in total. The Bertz CT molecular complexity index is 764. The maximum Gasteiger partial charge on any atom is 0.191 e. The monoisotopic (exact) mass is 386 g/mol. The zero-order chi connectivity index (χ0) is 20.4. The predicted molar refractivity (Wildman–Crippen MR) is 113 cm³/mol. The molecule has 0 aromatic heterocycles. The Morgan fingerprint density at radius 1 is 1.11 bits per heavy atom. The molecule has 1 unspecified atom stereocenters. The summed E-state index contributed by atoms with van der Waals surface area (Å²) in [4.78, 5) is 6.80.